The number of benzene rings is 3. The van der Waals surface area contributed by atoms with Crippen LogP contribution < -0.4 is 4.74 Å². The van der Waals surface area contributed by atoms with Crippen LogP contribution in [0.5, 0.6) is 5.75 Å². The van der Waals surface area contributed by atoms with E-state index in [0.717, 1.165) is 44.1 Å². The normalized spacial score (nSPS) is 10.9. The SMILES string of the molecule is Cc1cccc(C)c1OCc1nnc(SCc2ccccc2Cl)n1-c1ccccc1. The standard InChI is InChI=1S/C24H22ClN3OS/c1-17-9-8-10-18(2)23(17)29-15-22-26-27-24(28(22)20-12-4-3-5-13-20)30-16-19-11-6-7-14-21(19)25/h3-14H,15-16H2,1-2H3. The largest absolute Gasteiger partial charge is 0.485 e. The predicted octanol–water partition coefficient (Wildman–Crippen LogP) is 6.41. The Kier molecular flexibility index (Phi) is 6.41. The third-order valence-electron chi connectivity index (χ3n) is 4.78. The minimum absolute atomic E-state index is 0.334. The van der Waals surface area contributed by atoms with E-state index in [2.05, 4.69) is 40.7 Å². The molecule has 0 fully saturated rings. The number of hydrogen-bond acceptors (Lipinski definition) is 4. The van der Waals surface area contributed by atoms with Crippen LogP contribution in [0.15, 0.2) is 78.0 Å². The molecule has 0 aliphatic carbocycles. The molecule has 1 heterocycles. The van der Waals surface area contributed by atoms with Crippen LogP contribution >= 0.6 is 23.4 Å². The first-order chi connectivity index (χ1) is 14.6. The van der Waals surface area contributed by atoms with Gasteiger partial charge in [0.05, 0.1) is 0 Å². The Balaban J connectivity index is 1.62. The summed E-state index contributed by atoms with van der Waals surface area (Å²) < 4.78 is 8.21. The third kappa shape index (κ3) is 4.53. The molecule has 4 nitrogen and oxygen atoms in total. The van der Waals surface area contributed by atoms with E-state index < -0.39 is 0 Å². The number of thioether (sulfide) groups is 1. The molecule has 0 amide bonds. The molecule has 1 aromatic heterocycles. The molecule has 6 heteroatoms. The lowest BCUT2D eigenvalue weighted by molar-refractivity contribution is 0.289. The maximum Gasteiger partial charge on any atom is 0.196 e. The molecule has 4 aromatic rings. The molecule has 0 atom stereocenters. The van der Waals surface area contributed by atoms with Crippen molar-refractivity contribution >= 4 is 23.4 Å². The van der Waals surface area contributed by atoms with Gasteiger partial charge in [0.1, 0.15) is 12.4 Å². The second-order valence-corrected chi connectivity index (χ2v) is 8.31. The smallest absolute Gasteiger partial charge is 0.196 e. The van der Waals surface area contributed by atoms with Gasteiger partial charge in [-0.3, -0.25) is 4.57 Å². The van der Waals surface area contributed by atoms with Crippen molar-refractivity contribution in [1.82, 2.24) is 14.8 Å². The predicted molar refractivity (Wildman–Crippen MR) is 123 cm³/mol. The average Bonchev–Trinajstić information content (AvgIpc) is 3.16. The summed E-state index contributed by atoms with van der Waals surface area (Å²) in [6.07, 6.45) is 0. The second kappa shape index (κ2) is 9.37. The second-order valence-electron chi connectivity index (χ2n) is 6.96. The topological polar surface area (TPSA) is 39.9 Å². The molecule has 0 N–H and O–H groups in total. The minimum atomic E-state index is 0.334. The molecule has 0 saturated heterocycles. The lowest BCUT2D eigenvalue weighted by Crippen LogP contribution is -2.07. The monoisotopic (exact) mass is 435 g/mol. The molecule has 30 heavy (non-hydrogen) atoms. The van der Waals surface area contributed by atoms with Crippen molar-refractivity contribution in [1.29, 1.82) is 0 Å². The van der Waals surface area contributed by atoms with Gasteiger partial charge in [0.15, 0.2) is 11.0 Å². The summed E-state index contributed by atoms with van der Waals surface area (Å²) in [6, 6.07) is 24.1. The van der Waals surface area contributed by atoms with E-state index in [-0.39, 0.29) is 0 Å². The van der Waals surface area contributed by atoms with Gasteiger partial charge in [0.2, 0.25) is 0 Å². The van der Waals surface area contributed by atoms with Crippen molar-refractivity contribution in [2.45, 2.75) is 31.4 Å². The lowest BCUT2D eigenvalue weighted by atomic mass is 10.1. The minimum Gasteiger partial charge on any atom is -0.485 e. The zero-order valence-electron chi connectivity index (χ0n) is 16.9. The number of rotatable bonds is 7. The highest BCUT2D eigenvalue weighted by Gasteiger charge is 2.16. The molecule has 0 bridgehead atoms. The van der Waals surface area contributed by atoms with E-state index >= 15 is 0 Å². The number of nitrogens with zero attached hydrogens (tertiary/aromatic N) is 3. The highest BCUT2D eigenvalue weighted by atomic mass is 35.5. The van der Waals surface area contributed by atoms with Crippen LogP contribution in [-0.2, 0) is 12.4 Å². The van der Waals surface area contributed by atoms with Gasteiger partial charge in [-0.05, 0) is 48.7 Å². The number of halogens is 1. The van der Waals surface area contributed by atoms with Gasteiger partial charge in [0, 0.05) is 16.5 Å². The Hall–Kier alpha value is -2.76. The van der Waals surface area contributed by atoms with Gasteiger partial charge in [-0.1, -0.05) is 78.0 Å². The summed E-state index contributed by atoms with van der Waals surface area (Å²) in [5, 5.41) is 10.4. The van der Waals surface area contributed by atoms with Crippen molar-refractivity contribution in [3.05, 3.63) is 100 Å². The van der Waals surface area contributed by atoms with Crippen LogP contribution in [0.1, 0.15) is 22.5 Å². The highest BCUT2D eigenvalue weighted by molar-refractivity contribution is 7.98. The molecule has 0 aliphatic rings. The zero-order chi connectivity index (χ0) is 20.9. The number of ether oxygens (including phenoxy) is 1. The van der Waals surface area contributed by atoms with Gasteiger partial charge >= 0.3 is 0 Å². The van der Waals surface area contributed by atoms with Crippen LogP contribution in [0.3, 0.4) is 0 Å². The van der Waals surface area contributed by atoms with Gasteiger partial charge in [-0.15, -0.1) is 10.2 Å². The summed E-state index contributed by atoms with van der Waals surface area (Å²) in [5.41, 5.74) is 4.28. The maximum absolute atomic E-state index is 6.32. The molecule has 0 unspecified atom stereocenters. The fourth-order valence-electron chi connectivity index (χ4n) is 3.25. The summed E-state index contributed by atoms with van der Waals surface area (Å²) in [6.45, 7) is 4.44. The fourth-order valence-corrected chi connectivity index (χ4v) is 4.50. The number of para-hydroxylation sites is 2. The van der Waals surface area contributed by atoms with Crippen molar-refractivity contribution in [2.75, 3.05) is 0 Å². The van der Waals surface area contributed by atoms with E-state index in [4.69, 9.17) is 16.3 Å². The van der Waals surface area contributed by atoms with Crippen LogP contribution in [-0.4, -0.2) is 14.8 Å². The summed E-state index contributed by atoms with van der Waals surface area (Å²) in [5.74, 6) is 2.36. The van der Waals surface area contributed by atoms with Gasteiger partial charge in [-0.2, -0.15) is 0 Å². The van der Waals surface area contributed by atoms with Crippen LogP contribution in [0, 0.1) is 13.8 Å². The molecular weight excluding hydrogens is 414 g/mol. The quantitative estimate of drug-likeness (QED) is 0.314. The van der Waals surface area contributed by atoms with E-state index in [1.807, 2.05) is 60.7 Å². The van der Waals surface area contributed by atoms with E-state index in [1.54, 1.807) is 11.8 Å². The van der Waals surface area contributed by atoms with Crippen LogP contribution in [0.2, 0.25) is 5.02 Å². The Bertz CT molecular complexity index is 1120. The van der Waals surface area contributed by atoms with Gasteiger partial charge in [-0.25, -0.2) is 0 Å². The molecule has 4 rings (SSSR count). The first-order valence-electron chi connectivity index (χ1n) is 9.68. The highest BCUT2D eigenvalue weighted by Crippen LogP contribution is 2.29. The van der Waals surface area contributed by atoms with Gasteiger partial charge < -0.3 is 4.74 Å². The zero-order valence-corrected chi connectivity index (χ0v) is 18.5. The first kappa shape index (κ1) is 20.5. The summed E-state index contributed by atoms with van der Waals surface area (Å²) in [7, 11) is 0. The number of aryl methyl sites for hydroxylation is 2. The Labute approximate surface area is 185 Å². The van der Waals surface area contributed by atoms with Crippen molar-refractivity contribution < 1.29 is 4.74 Å². The van der Waals surface area contributed by atoms with Gasteiger partial charge in [0.25, 0.3) is 0 Å². The Morgan fingerprint density at radius 3 is 2.30 bits per heavy atom. The average molecular weight is 436 g/mol. The van der Waals surface area contributed by atoms with Crippen molar-refractivity contribution in [3.63, 3.8) is 0 Å². The third-order valence-corrected chi connectivity index (χ3v) is 6.13. The molecule has 0 saturated carbocycles. The van der Waals surface area contributed by atoms with Crippen molar-refractivity contribution in [2.24, 2.45) is 0 Å². The van der Waals surface area contributed by atoms with E-state index in [0.29, 0.717) is 12.4 Å². The van der Waals surface area contributed by atoms with E-state index in [1.165, 1.54) is 0 Å². The van der Waals surface area contributed by atoms with E-state index in [9.17, 15) is 0 Å². The Morgan fingerprint density at radius 1 is 0.867 bits per heavy atom. The Morgan fingerprint density at radius 2 is 1.57 bits per heavy atom. The molecule has 0 aliphatic heterocycles. The fraction of sp³-hybridized carbons (Fsp3) is 0.167. The molecule has 3 aromatic carbocycles. The first-order valence-corrected chi connectivity index (χ1v) is 11.0. The molecule has 152 valence electrons. The molecule has 0 spiro atoms. The summed E-state index contributed by atoms with van der Waals surface area (Å²) in [4.78, 5) is 0. The van der Waals surface area contributed by atoms with Crippen LogP contribution in [0.25, 0.3) is 5.69 Å². The lowest BCUT2D eigenvalue weighted by Gasteiger charge is -2.13. The maximum atomic E-state index is 6.32. The van der Waals surface area contributed by atoms with Crippen molar-refractivity contribution in [3.8, 4) is 11.4 Å². The molecule has 0 radical (unpaired) electrons. The summed E-state index contributed by atoms with van der Waals surface area (Å²) >= 11 is 7.93. The number of hydrogen-bond donors (Lipinski definition) is 0. The van der Waals surface area contributed by atoms with Crippen LogP contribution in [0.4, 0.5) is 0 Å². The number of aromatic nitrogens is 3. The molecular formula is C24H22ClN3OS.